The topological polar surface area (TPSA) is 32.8 Å². The van der Waals surface area contributed by atoms with Gasteiger partial charge in [0.15, 0.2) is 0 Å². The lowest BCUT2D eigenvalue weighted by molar-refractivity contribution is 0.0468. The molecule has 36 heavy (non-hydrogen) atoms. The van der Waals surface area contributed by atoms with E-state index in [1.165, 1.54) is 49.9 Å². The Balaban J connectivity index is 1.35. The molecule has 3 heterocycles. The van der Waals surface area contributed by atoms with Crippen LogP contribution in [-0.2, 0) is 4.74 Å². The van der Waals surface area contributed by atoms with Crippen molar-refractivity contribution < 1.29 is 9.53 Å². The van der Waals surface area contributed by atoms with E-state index in [-0.39, 0.29) is 12.1 Å². The molecule has 1 atom stereocenters. The molecule has 1 unspecified atom stereocenters. The van der Waals surface area contributed by atoms with Gasteiger partial charge < -0.3 is 14.5 Å². The predicted octanol–water partition coefficient (Wildman–Crippen LogP) is 7.01. The second-order valence-electron chi connectivity index (χ2n) is 10.2. The Labute approximate surface area is 214 Å². The summed E-state index contributed by atoms with van der Waals surface area (Å²) in [6, 6.07) is 25.6. The Morgan fingerprint density at radius 1 is 0.667 bits per heavy atom. The first-order valence-electron chi connectivity index (χ1n) is 13.5. The first-order valence-corrected chi connectivity index (χ1v) is 13.5. The molecule has 2 fully saturated rings. The summed E-state index contributed by atoms with van der Waals surface area (Å²) in [7, 11) is 0. The number of cyclic esters (lactones) is 1. The van der Waals surface area contributed by atoms with Gasteiger partial charge in [-0.1, -0.05) is 42.5 Å². The maximum atomic E-state index is 12.5. The molecule has 184 valence electrons. The van der Waals surface area contributed by atoms with Crippen LogP contribution in [0.1, 0.15) is 71.7 Å². The molecule has 0 aliphatic carbocycles. The van der Waals surface area contributed by atoms with Crippen LogP contribution in [0.25, 0.3) is 5.57 Å². The summed E-state index contributed by atoms with van der Waals surface area (Å²) >= 11 is 0. The van der Waals surface area contributed by atoms with E-state index in [2.05, 4.69) is 64.4 Å². The Morgan fingerprint density at radius 3 is 1.69 bits per heavy atom. The van der Waals surface area contributed by atoms with Crippen LogP contribution in [-0.4, -0.2) is 32.1 Å². The highest BCUT2D eigenvalue weighted by Crippen LogP contribution is 2.36. The smallest absolute Gasteiger partial charge is 0.339 e. The fourth-order valence-electron chi connectivity index (χ4n) is 5.82. The fraction of sp³-hybridized carbons (Fsp3) is 0.344. The monoisotopic (exact) mass is 478 g/mol. The number of fused-ring (bicyclic) bond motifs is 1. The van der Waals surface area contributed by atoms with Crippen molar-refractivity contribution in [1.82, 2.24) is 0 Å². The van der Waals surface area contributed by atoms with Crippen molar-refractivity contribution in [3.8, 4) is 0 Å². The lowest BCUT2D eigenvalue weighted by Crippen LogP contribution is -2.29. The zero-order chi connectivity index (χ0) is 24.3. The minimum atomic E-state index is -0.382. The molecule has 3 aliphatic rings. The quantitative estimate of drug-likeness (QED) is 0.369. The summed E-state index contributed by atoms with van der Waals surface area (Å²) in [6.45, 7) is 4.53. The normalized spacial score (nSPS) is 19.6. The maximum absolute atomic E-state index is 12.5. The number of piperidine rings is 2. The molecule has 4 nitrogen and oxygen atoms in total. The third-order valence-corrected chi connectivity index (χ3v) is 7.84. The molecule has 6 rings (SSSR count). The highest BCUT2D eigenvalue weighted by Gasteiger charge is 2.29. The van der Waals surface area contributed by atoms with Gasteiger partial charge >= 0.3 is 5.97 Å². The molecule has 2 saturated heterocycles. The van der Waals surface area contributed by atoms with E-state index in [0.717, 1.165) is 48.4 Å². The highest BCUT2D eigenvalue weighted by molar-refractivity contribution is 5.95. The van der Waals surface area contributed by atoms with Gasteiger partial charge in [-0.05, 0) is 91.6 Å². The molecule has 0 amide bonds. The van der Waals surface area contributed by atoms with Crippen LogP contribution in [0.15, 0.2) is 78.9 Å². The van der Waals surface area contributed by atoms with Gasteiger partial charge in [0.2, 0.25) is 0 Å². The molecule has 0 N–H and O–H groups in total. The van der Waals surface area contributed by atoms with Crippen molar-refractivity contribution in [2.24, 2.45) is 0 Å². The Kier molecular flexibility index (Phi) is 6.50. The van der Waals surface area contributed by atoms with Crippen molar-refractivity contribution in [1.29, 1.82) is 0 Å². The van der Waals surface area contributed by atoms with Crippen molar-refractivity contribution >= 4 is 22.9 Å². The number of benzene rings is 3. The SMILES string of the molecule is O=C1OC(C=C(c2ccc(N3CCCCC3)cc2)c2ccc(N3CCCCC3)cc2)c2ccccc21. The van der Waals surface area contributed by atoms with Gasteiger partial charge in [0.1, 0.15) is 6.10 Å². The maximum Gasteiger partial charge on any atom is 0.339 e. The van der Waals surface area contributed by atoms with Gasteiger partial charge in [-0.25, -0.2) is 4.79 Å². The average Bonchev–Trinajstić information content (AvgIpc) is 3.28. The summed E-state index contributed by atoms with van der Waals surface area (Å²) in [5.41, 5.74) is 7.56. The highest BCUT2D eigenvalue weighted by atomic mass is 16.5. The van der Waals surface area contributed by atoms with Crippen molar-refractivity contribution in [3.05, 3.63) is 101 Å². The van der Waals surface area contributed by atoms with E-state index in [1.807, 2.05) is 24.3 Å². The summed E-state index contributed by atoms with van der Waals surface area (Å²) < 4.78 is 5.81. The van der Waals surface area contributed by atoms with Crippen molar-refractivity contribution in [2.75, 3.05) is 36.0 Å². The van der Waals surface area contributed by atoms with Crippen LogP contribution in [0.4, 0.5) is 11.4 Å². The standard InChI is InChI=1S/C32H34N2O2/c35-32-29-10-4-3-9-28(29)31(36-32)23-30(24-11-15-26(16-12-24)33-19-5-1-6-20-33)25-13-17-27(18-14-25)34-21-7-2-8-22-34/h3-4,9-18,23,31H,1-2,5-8,19-22H2. The van der Waals surface area contributed by atoms with Crippen LogP contribution >= 0.6 is 0 Å². The van der Waals surface area contributed by atoms with E-state index in [0.29, 0.717) is 5.56 Å². The zero-order valence-electron chi connectivity index (χ0n) is 20.9. The number of hydrogen-bond acceptors (Lipinski definition) is 4. The van der Waals surface area contributed by atoms with E-state index < -0.39 is 0 Å². The van der Waals surface area contributed by atoms with Crippen molar-refractivity contribution in [3.63, 3.8) is 0 Å². The molecule has 0 radical (unpaired) electrons. The Hall–Kier alpha value is -3.53. The van der Waals surface area contributed by atoms with Crippen LogP contribution in [0.5, 0.6) is 0 Å². The molecule has 0 spiro atoms. The van der Waals surface area contributed by atoms with Gasteiger partial charge in [-0.15, -0.1) is 0 Å². The van der Waals surface area contributed by atoms with Crippen LogP contribution in [0, 0.1) is 0 Å². The number of hydrogen-bond donors (Lipinski definition) is 0. The van der Waals surface area contributed by atoms with E-state index in [4.69, 9.17) is 4.74 Å². The number of carbonyl (C=O) groups is 1. The summed E-state index contributed by atoms with van der Waals surface area (Å²) in [4.78, 5) is 17.5. The fourth-order valence-corrected chi connectivity index (χ4v) is 5.82. The molecule has 0 bridgehead atoms. The first kappa shape index (κ1) is 22.9. The molecule has 3 aliphatic heterocycles. The molecular weight excluding hydrogens is 444 g/mol. The number of nitrogens with zero attached hydrogens (tertiary/aromatic N) is 2. The van der Waals surface area contributed by atoms with E-state index in [9.17, 15) is 4.79 Å². The van der Waals surface area contributed by atoms with Gasteiger partial charge in [0.25, 0.3) is 0 Å². The Bertz CT molecular complexity index is 1170. The lowest BCUT2D eigenvalue weighted by Gasteiger charge is -2.29. The third-order valence-electron chi connectivity index (χ3n) is 7.84. The molecule has 0 saturated carbocycles. The summed E-state index contributed by atoms with van der Waals surface area (Å²) in [5.74, 6) is -0.243. The van der Waals surface area contributed by atoms with Gasteiger partial charge in [0.05, 0.1) is 5.56 Å². The number of esters is 1. The van der Waals surface area contributed by atoms with E-state index >= 15 is 0 Å². The van der Waals surface area contributed by atoms with Gasteiger partial charge in [-0.2, -0.15) is 0 Å². The first-order chi connectivity index (χ1) is 17.8. The predicted molar refractivity (Wildman–Crippen MR) is 147 cm³/mol. The second-order valence-corrected chi connectivity index (χ2v) is 10.2. The summed E-state index contributed by atoms with van der Waals surface area (Å²) in [5, 5.41) is 0. The van der Waals surface area contributed by atoms with Crippen molar-refractivity contribution in [2.45, 2.75) is 44.6 Å². The number of rotatable bonds is 5. The average molecular weight is 479 g/mol. The van der Waals surface area contributed by atoms with Gasteiger partial charge in [0, 0.05) is 43.1 Å². The minimum absolute atomic E-state index is 0.243. The van der Waals surface area contributed by atoms with Gasteiger partial charge in [-0.3, -0.25) is 0 Å². The largest absolute Gasteiger partial charge is 0.450 e. The molecule has 3 aromatic carbocycles. The second kappa shape index (κ2) is 10.2. The number of carbonyl (C=O) groups excluding carboxylic acids is 1. The third kappa shape index (κ3) is 4.65. The van der Waals surface area contributed by atoms with Crippen LogP contribution in [0.2, 0.25) is 0 Å². The molecular formula is C32H34N2O2. The van der Waals surface area contributed by atoms with Crippen LogP contribution in [0.3, 0.4) is 0 Å². The molecule has 4 heteroatoms. The lowest BCUT2D eigenvalue weighted by atomic mass is 9.93. The number of ether oxygens (including phenoxy) is 1. The number of anilines is 2. The summed E-state index contributed by atoms with van der Waals surface area (Å²) in [6.07, 6.45) is 9.46. The Morgan fingerprint density at radius 2 is 1.17 bits per heavy atom. The van der Waals surface area contributed by atoms with E-state index in [1.54, 1.807) is 0 Å². The molecule has 3 aromatic rings. The zero-order valence-corrected chi connectivity index (χ0v) is 20.9. The minimum Gasteiger partial charge on any atom is -0.450 e. The van der Waals surface area contributed by atoms with Crippen LogP contribution < -0.4 is 9.80 Å². The molecule has 0 aromatic heterocycles.